The zero-order valence-electron chi connectivity index (χ0n) is 12.0. The lowest BCUT2D eigenvalue weighted by atomic mass is 10.1. The SMILES string of the molecule is Cc1ccc(C(=O)NC(=S)Nc2ccc([N+](=O)[O-])cc2Br)cc1. The topological polar surface area (TPSA) is 84.3 Å². The lowest BCUT2D eigenvalue weighted by molar-refractivity contribution is -0.384. The maximum absolute atomic E-state index is 12.0. The molecule has 0 saturated heterocycles. The first-order valence-electron chi connectivity index (χ1n) is 6.50. The molecule has 118 valence electrons. The lowest BCUT2D eigenvalue weighted by Crippen LogP contribution is -2.34. The Balaban J connectivity index is 2.03. The maximum Gasteiger partial charge on any atom is 0.270 e. The third-order valence-electron chi connectivity index (χ3n) is 2.95. The van der Waals surface area contributed by atoms with Crippen molar-refractivity contribution in [2.75, 3.05) is 5.32 Å². The van der Waals surface area contributed by atoms with Crippen LogP contribution < -0.4 is 10.6 Å². The molecule has 0 spiro atoms. The van der Waals surface area contributed by atoms with Crippen LogP contribution in [0.15, 0.2) is 46.9 Å². The van der Waals surface area contributed by atoms with Crippen molar-refractivity contribution in [1.82, 2.24) is 5.32 Å². The minimum Gasteiger partial charge on any atom is -0.331 e. The molecule has 0 unspecified atom stereocenters. The lowest BCUT2D eigenvalue weighted by Gasteiger charge is -2.11. The first-order chi connectivity index (χ1) is 10.9. The first-order valence-corrected chi connectivity index (χ1v) is 7.70. The number of thiocarbonyl (C=S) groups is 1. The average molecular weight is 394 g/mol. The minimum atomic E-state index is -0.494. The molecule has 0 aliphatic carbocycles. The standard InChI is InChI=1S/C15H12BrN3O3S/c1-9-2-4-10(5-3-9)14(20)18-15(23)17-13-7-6-11(19(21)22)8-12(13)16/h2-8H,1H3,(H2,17,18,20,23). The monoisotopic (exact) mass is 393 g/mol. The molecule has 0 bridgehead atoms. The summed E-state index contributed by atoms with van der Waals surface area (Å²) in [7, 11) is 0. The van der Waals surface area contributed by atoms with Crippen LogP contribution in [0.1, 0.15) is 15.9 Å². The van der Waals surface area contributed by atoms with Crippen LogP contribution in [0.4, 0.5) is 11.4 Å². The fourth-order valence-electron chi connectivity index (χ4n) is 1.75. The van der Waals surface area contributed by atoms with Crippen molar-refractivity contribution in [3.05, 3.63) is 68.2 Å². The number of carbonyl (C=O) groups is 1. The number of aryl methyl sites for hydroxylation is 1. The molecule has 0 saturated carbocycles. The predicted octanol–water partition coefficient (Wildman–Crippen LogP) is 3.79. The Labute approximate surface area is 146 Å². The second-order valence-corrected chi connectivity index (χ2v) is 5.96. The van der Waals surface area contributed by atoms with Gasteiger partial charge in [-0.2, -0.15) is 0 Å². The molecule has 6 nitrogen and oxygen atoms in total. The summed E-state index contributed by atoms with van der Waals surface area (Å²) in [6.07, 6.45) is 0. The Kier molecular flexibility index (Phi) is 5.41. The molecule has 0 aliphatic rings. The van der Waals surface area contributed by atoms with Gasteiger partial charge in [-0.3, -0.25) is 20.2 Å². The van der Waals surface area contributed by atoms with E-state index in [4.69, 9.17) is 12.2 Å². The van der Waals surface area contributed by atoms with E-state index >= 15 is 0 Å². The number of hydrogen-bond acceptors (Lipinski definition) is 4. The first kappa shape index (κ1) is 17.0. The highest BCUT2D eigenvalue weighted by Gasteiger charge is 2.12. The van der Waals surface area contributed by atoms with Gasteiger partial charge in [0.15, 0.2) is 5.11 Å². The number of carbonyl (C=O) groups excluding carboxylic acids is 1. The van der Waals surface area contributed by atoms with Gasteiger partial charge in [-0.15, -0.1) is 0 Å². The number of anilines is 1. The average Bonchev–Trinajstić information content (AvgIpc) is 2.49. The van der Waals surface area contributed by atoms with Crippen molar-refractivity contribution in [3.8, 4) is 0 Å². The normalized spacial score (nSPS) is 10.0. The van der Waals surface area contributed by atoms with Gasteiger partial charge in [0.25, 0.3) is 11.6 Å². The summed E-state index contributed by atoms with van der Waals surface area (Å²) in [6.45, 7) is 1.93. The van der Waals surface area contributed by atoms with Crippen LogP contribution in [0.25, 0.3) is 0 Å². The molecule has 0 aliphatic heterocycles. The number of non-ortho nitro benzene ring substituents is 1. The fourth-order valence-corrected chi connectivity index (χ4v) is 2.42. The molecule has 0 heterocycles. The number of hydrogen-bond donors (Lipinski definition) is 2. The Hall–Kier alpha value is -2.32. The van der Waals surface area contributed by atoms with Crippen LogP contribution in [0.2, 0.25) is 0 Å². The van der Waals surface area contributed by atoms with Gasteiger partial charge < -0.3 is 5.32 Å². The Bertz CT molecular complexity index is 778. The van der Waals surface area contributed by atoms with E-state index in [-0.39, 0.29) is 16.7 Å². The molecule has 2 aromatic rings. The van der Waals surface area contributed by atoms with Crippen LogP contribution in [0.3, 0.4) is 0 Å². The van der Waals surface area contributed by atoms with E-state index in [1.807, 2.05) is 19.1 Å². The molecule has 0 fully saturated rings. The Morgan fingerprint density at radius 3 is 2.43 bits per heavy atom. The third-order valence-corrected chi connectivity index (χ3v) is 3.81. The molecule has 2 aromatic carbocycles. The molecule has 23 heavy (non-hydrogen) atoms. The molecular formula is C15H12BrN3O3S. The summed E-state index contributed by atoms with van der Waals surface area (Å²) in [4.78, 5) is 22.2. The van der Waals surface area contributed by atoms with Crippen LogP contribution in [0, 0.1) is 17.0 Å². The van der Waals surface area contributed by atoms with E-state index in [0.717, 1.165) is 5.56 Å². The Morgan fingerprint density at radius 2 is 1.87 bits per heavy atom. The van der Waals surface area contributed by atoms with Crippen molar-refractivity contribution < 1.29 is 9.72 Å². The summed E-state index contributed by atoms with van der Waals surface area (Å²) in [5.41, 5.74) is 2.02. The largest absolute Gasteiger partial charge is 0.331 e. The predicted molar refractivity (Wildman–Crippen MR) is 95.7 cm³/mol. The van der Waals surface area contributed by atoms with Gasteiger partial charge in [-0.25, -0.2) is 0 Å². The van der Waals surface area contributed by atoms with E-state index in [1.165, 1.54) is 18.2 Å². The quantitative estimate of drug-likeness (QED) is 0.470. The molecule has 2 rings (SSSR count). The van der Waals surface area contributed by atoms with Crippen LogP contribution >= 0.6 is 28.1 Å². The third kappa shape index (κ3) is 4.57. The number of halogens is 1. The second kappa shape index (κ2) is 7.30. The highest BCUT2D eigenvalue weighted by molar-refractivity contribution is 9.10. The molecule has 1 amide bonds. The van der Waals surface area contributed by atoms with Crippen molar-refractivity contribution in [2.24, 2.45) is 0 Å². The van der Waals surface area contributed by atoms with Gasteiger partial charge in [-0.1, -0.05) is 17.7 Å². The highest BCUT2D eigenvalue weighted by atomic mass is 79.9. The summed E-state index contributed by atoms with van der Waals surface area (Å²) < 4.78 is 0.471. The summed E-state index contributed by atoms with van der Waals surface area (Å²) >= 11 is 8.31. The van der Waals surface area contributed by atoms with E-state index in [2.05, 4.69) is 26.6 Å². The van der Waals surface area contributed by atoms with E-state index in [1.54, 1.807) is 12.1 Å². The number of nitrogens with one attached hydrogen (secondary N) is 2. The van der Waals surface area contributed by atoms with Crippen LogP contribution in [-0.2, 0) is 0 Å². The van der Waals surface area contributed by atoms with Crippen LogP contribution in [0.5, 0.6) is 0 Å². The van der Waals surface area contributed by atoms with Crippen molar-refractivity contribution in [1.29, 1.82) is 0 Å². The van der Waals surface area contributed by atoms with Crippen molar-refractivity contribution >= 4 is 50.5 Å². The minimum absolute atomic E-state index is 0.0444. The van der Waals surface area contributed by atoms with E-state index < -0.39 is 4.92 Å². The van der Waals surface area contributed by atoms with Crippen LogP contribution in [-0.4, -0.2) is 15.9 Å². The number of rotatable bonds is 3. The van der Waals surface area contributed by atoms with Gasteiger partial charge in [0, 0.05) is 22.2 Å². The van der Waals surface area contributed by atoms with Gasteiger partial charge in [0.05, 0.1) is 10.6 Å². The van der Waals surface area contributed by atoms with Gasteiger partial charge >= 0.3 is 0 Å². The number of nitro groups is 1. The highest BCUT2D eigenvalue weighted by Crippen LogP contribution is 2.27. The summed E-state index contributed by atoms with van der Waals surface area (Å²) in [5, 5.41) is 16.2. The van der Waals surface area contributed by atoms with Crippen molar-refractivity contribution in [2.45, 2.75) is 6.92 Å². The molecule has 2 N–H and O–H groups in total. The van der Waals surface area contributed by atoms with E-state index in [0.29, 0.717) is 15.7 Å². The number of nitro benzene ring substituents is 1. The van der Waals surface area contributed by atoms with Gasteiger partial charge in [-0.05, 0) is 53.3 Å². The molecule has 8 heteroatoms. The number of benzene rings is 2. The van der Waals surface area contributed by atoms with Gasteiger partial charge in [0.1, 0.15) is 0 Å². The smallest absolute Gasteiger partial charge is 0.270 e. The summed E-state index contributed by atoms with van der Waals surface area (Å²) in [6, 6.07) is 11.3. The maximum atomic E-state index is 12.0. The second-order valence-electron chi connectivity index (χ2n) is 4.70. The molecule has 0 atom stereocenters. The molecule has 0 aromatic heterocycles. The molecular weight excluding hydrogens is 382 g/mol. The van der Waals surface area contributed by atoms with Gasteiger partial charge in [0.2, 0.25) is 0 Å². The summed E-state index contributed by atoms with van der Waals surface area (Å²) in [5.74, 6) is -0.333. The van der Waals surface area contributed by atoms with Crippen molar-refractivity contribution in [3.63, 3.8) is 0 Å². The Morgan fingerprint density at radius 1 is 1.22 bits per heavy atom. The fraction of sp³-hybridized carbons (Fsp3) is 0.0667. The number of nitrogens with zero attached hydrogens (tertiary/aromatic N) is 1. The molecule has 0 radical (unpaired) electrons. The number of amides is 1. The zero-order valence-corrected chi connectivity index (χ0v) is 14.4. The van der Waals surface area contributed by atoms with E-state index in [9.17, 15) is 14.9 Å². The zero-order chi connectivity index (χ0) is 17.0.